The molecule has 28 heavy (non-hydrogen) atoms. The van der Waals surface area contributed by atoms with Crippen LogP contribution in [-0.2, 0) is 22.8 Å². The molecule has 0 unspecified atom stereocenters. The van der Waals surface area contributed by atoms with Crippen LogP contribution in [0.15, 0.2) is 47.5 Å². The number of anilines is 1. The summed E-state index contributed by atoms with van der Waals surface area (Å²) in [7, 11) is -4.46. The Balaban J connectivity index is 2.31. The summed E-state index contributed by atoms with van der Waals surface area (Å²) >= 11 is 5.76. The number of hydrogen-bond acceptors (Lipinski definition) is 6. The van der Waals surface area contributed by atoms with Gasteiger partial charge in [-0.3, -0.25) is 10.4 Å². The standard InChI is InChI=1S/C16H12ClF3N2O5S/c17-12-5-4-10(6-14(12)22(24)25)28(26,27)21-7-9(8-23)15-11(16(18,19)20)2-1-3-13(15)21/h1-7,23-25H,8H2. The molecule has 0 aliphatic rings. The van der Waals surface area contributed by atoms with E-state index in [0.29, 0.717) is 3.97 Å². The van der Waals surface area contributed by atoms with Gasteiger partial charge < -0.3 is 5.11 Å². The van der Waals surface area contributed by atoms with E-state index in [1.54, 1.807) is 0 Å². The minimum absolute atomic E-state index is 0.170. The minimum atomic E-state index is -4.76. The van der Waals surface area contributed by atoms with Gasteiger partial charge in [0.25, 0.3) is 10.0 Å². The van der Waals surface area contributed by atoms with Crippen molar-refractivity contribution in [2.45, 2.75) is 17.7 Å². The molecule has 7 nitrogen and oxygen atoms in total. The van der Waals surface area contributed by atoms with Gasteiger partial charge in [-0.15, -0.1) is 5.23 Å². The lowest BCUT2D eigenvalue weighted by atomic mass is 10.1. The van der Waals surface area contributed by atoms with Crippen molar-refractivity contribution < 1.29 is 37.1 Å². The smallest absolute Gasteiger partial charge is 0.392 e. The number of aliphatic hydroxyl groups is 1. The maximum atomic E-state index is 13.3. The maximum Gasteiger partial charge on any atom is 0.417 e. The first kappa shape index (κ1) is 20.4. The molecule has 0 radical (unpaired) electrons. The Labute approximate surface area is 161 Å². The summed E-state index contributed by atoms with van der Waals surface area (Å²) < 4.78 is 66.6. The van der Waals surface area contributed by atoms with Crippen LogP contribution in [0.1, 0.15) is 11.1 Å². The van der Waals surface area contributed by atoms with E-state index in [1.807, 2.05) is 0 Å². The Morgan fingerprint density at radius 1 is 1.14 bits per heavy atom. The quantitative estimate of drug-likeness (QED) is 0.540. The van der Waals surface area contributed by atoms with Crippen molar-refractivity contribution in [3.8, 4) is 0 Å². The fourth-order valence-electron chi connectivity index (χ4n) is 2.81. The zero-order chi connectivity index (χ0) is 20.9. The normalized spacial score (nSPS) is 12.5. The zero-order valence-electron chi connectivity index (χ0n) is 13.7. The first-order chi connectivity index (χ1) is 13.0. The molecule has 0 spiro atoms. The monoisotopic (exact) mass is 436 g/mol. The molecule has 0 saturated carbocycles. The average Bonchev–Trinajstić information content (AvgIpc) is 3.00. The van der Waals surface area contributed by atoms with Gasteiger partial charge in [0.2, 0.25) is 0 Å². The second-order valence-corrected chi connectivity index (χ2v) is 7.94. The molecule has 0 aliphatic carbocycles. The Morgan fingerprint density at radius 3 is 2.39 bits per heavy atom. The molecule has 12 heteroatoms. The topological polar surface area (TPSA) is 103 Å². The molecule has 0 amide bonds. The molecule has 0 fully saturated rings. The summed E-state index contributed by atoms with van der Waals surface area (Å²) in [5.41, 5.74) is -2.05. The van der Waals surface area contributed by atoms with Crippen molar-refractivity contribution in [3.05, 3.63) is 58.7 Å². The number of rotatable bonds is 4. The zero-order valence-corrected chi connectivity index (χ0v) is 15.3. The van der Waals surface area contributed by atoms with Crippen LogP contribution in [0.25, 0.3) is 10.9 Å². The van der Waals surface area contributed by atoms with Crippen LogP contribution in [-0.4, -0.2) is 27.9 Å². The Bertz CT molecular complexity index is 1160. The lowest BCUT2D eigenvalue weighted by Gasteiger charge is -2.13. The highest BCUT2D eigenvalue weighted by Gasteiger charge is 2.35. The van der Waals surface area contributed by atoms with E-state index < -0.39 is 44.3 Å². The van der Waals surface area contributed by atoms with Gasteiger partial charge in [-0.1, -0.05) is 17.7 Å². The van der Waals surface area contributed by atoms with Gasteiger partial charge in [0.1, 0.15) is 5.69 Å². The fraction of sp³-hybridized carbons (Fsp3) is 0.125. The van der Waals surface area contributed by atoms with Crippen molar-refractivity contribution in [1.82, 2.24) is 3.97 Å². The number of benzene rings is 2. The number of halogens is 4. The number of fused-ring (bicyclic) bond motifs is 1. The molecule has 0 atom stereocenters. The number of aromatic nitrogens is 1. The molecule has 0 aliphatic heterocycles. The molecule has 3 N–H and O–H groups in total. The van der Waals surface area contributed by atoms with Gasteiger partial charge in [-0.2, -0.15) is 13.2 Å². The van der Waals surface area contributed by atoms with Gasteiger partial charge in [0.05, 0.1) is 27.6 Å². The van der Waals surface area contributed by atoms with E-state index >= 15 is 0 Å². The van der Waals surface area contributed by atoms with Gasteiger partial charge in [0.15, 0.2) is 0 Å². The molecule has 3 rings (SSSR count). The SMILES string of the molecule is O=S(=O)(c1ccc(Cl)c(N(O)O)c1)n1cc(CO)c2c(C(F)(F)F)cccc21. The predicted molar refractivity (Wildman–Crippen MR) is 93.0 cm³/mol. The van der Waals surface area contributed by atoms with Crippen molar-refractivity contribution in [2.24, 2.45) is 0 Å². The second kappa shape index (κ2) is 6.94. The highest BCUT2D eigenvalue weighted by Crippen LogP contribution is 2.38. The van der Waals surface area contributed by atoms with Crippen LogP contribution in [0.5, 0.6) is 0 Å². The van der Waals surface area contributed by atoms with Crippen molar-refractivity contribution in [1.29, 1.82) is 0 Å². The van der Waals surface area contributed by atoms with Gasteiger partial charge >= 0.3 is 6.18 Å². The molecular formula is C16H12ClF3N2O5S. The summed E-state index contributed by atoms with van der Waals surface area (Å²) in [6.45, 7) is -0.820. The fourth-order valence-corrected chi connectivity index (χ4v) is 4.41. The largest absolute Gasteiger partial charge is 0.417 e. The van der Waals surface area contributed by atoms with Crippen LogP contribution >= 0.6 is 11.6 Å². The van der Waals surface area contributed by atoms with Gasteiger partial charge in [0, 0.05) is 17.1 Å². The number of nitrogens with zero attached hydrogens (tertiary/aromatic N) is 2. The summed E-state index contributed by atoms with van der Waals surface area (Å²) in [6.07, 6.45) is -3.87. The first-order valence-corrected chi connectivity index (χ1v) is 9.34. The van der Waals surface area contributed by atoms with Gasteiger partial charge in [-0.05, 0) is 30.3 Å². The third-order valence-electron chi connectivity index (χ3n) is 4.04. The number of alkyl halides is 3. The van der Waals surface area contributed by atoms with Crippen LogP contribution in [0.4, 0.5) is 18.9 Å². The lowest BCUT2D eigenvalue weighted by Crippen LogP contribution is -2.15. The molecule has 3 aromatic rings. The van der Waals surface area contributed by atoms with E-state index in [-0.39, 0.29) is 21.3 Å². The van der Waals surface area contributed by atoms with Crippen molar-refractivity contribution >= 4 is 38.2 Å². The average molecular weight is 437 g/mol. The number of hydrogen-bond donors (Lipinski definition) is 3. The summed E-state index contributed by atoms with van der Waals surface area (Å²) in [5, 5.41) is 26.8. The van der Waals surface area contributed by atoms with E-state index in [2.05, 4.69) is 0 Å². The number of aliphatic hydroxyl groups excluding tert-OH is 1. The molecule has 1 aromatic heterocycles. The minimum Gasteiger partial charge on any atom is -0.392 e. The summed E-state index contributed by atoms with van der Waals surface area (Å²) in [4.78, 5) is -0.459. The van der Waals surface area contributed by atoms with Crippen LogP contribution in [0.3, 0.4) is 0 Å². The molecule has 2 aromatic carbocycles. The highest BCUT2D eigenvalue weighted by atomic mass is 35.5. The van der Waals surface area contributed by atoms with Crippen molar-refractivity contribution in [2.75, 3.05) is 5.23 Å². The lowest BCUT2D eigenvalue weighted by molar-refractivity contribution is -0.136. The van der Waals surface area contributed by atoms with Crippen molar-refractivity contribution in [3.63, 3.8) is 0 Å². The van der Waals surface area contributed by atoms with Crippen LogP contribution < -0.4 is 5.23 Å². The molecule has 0 bridgehead atoms. The first-order valence-electron chi connectivity index (χ1n) is 7.52. The second-order valence-electron chi connectivity index (χ2n) is 5.71. The summed E-state index contributed by atoms with van der Waals surface area (Å²) in [5.74, 6) is 0. The van der Waals surface area contributed by atoms with E-state index in [9.17, 15) is 26.7 Å². The van der Waals surface area contributed by atoms with E-state index in [4.69, 9.17) is 22.0 Å². The maximum absolute atomic E-state index is 13.3. The van der Waals surface area contributed by atoms with Crippen LogP contribution in [0.2, 0.25) is 5.02 Å². The third kappa shape index (κ3) is 3.31. The summed E-state index contributed by atoms with van der Waals surface area (Å²) in [6, 6.07) is 5.99. The molecule has 150 valence electrons. The Morgan fingerprint density at radius 2 is 1.82 bits per heavy atom. The third-order valence-corrected chi connectivity index (χ3v) is 6.03. The molecule has 1 heterocycles. The van der Waals surface area contributed by atoms with E-state index in [0.717, 1.165) is 36.5 Å². The Hall–Kier alpha value is -2.31. The van der Waals surface area contributed by atoms with E-state index in [1.165, 1.54) is 6.07 Å². The Kier molecular flexibility index (Phi) is 5.06. The predicted octanol–water partition coefficient (Wildman–Crippen LogP) is 3.63. The molecular weight excluding hydrogens is 425 g/mol. The van der Waals surface area contributed by atoms with Crippen LogP contribution in [0, 0.1) is 0 Å². The molecule has 0 saturated heterocycles. The van der Waals surface area contributed by atoms with Gasteiger partial charge in [-0.25, -0.2) is 12.4 Å². The highest BCUT2D eigenvalue weighted by molar-refractivity contribution is 7.90.